The summed E-state index contributed by atoms with van der Waals surface area (Å²) in [6.07, 6.45) is 0. The van der Waals surface area contributed by atoms with Crippen molar-refractivity contribution in [1.29, 1.82) is 0 Å². The van der Waals surface area contributed by atoms with Crippen molar-refractivity contribution in [2.75, 3.05) is 19.6 Å². The summed E-state index contributed by atoms with van der Waals surface area (Å²) < 4.78 is 5.31. The average molecular weight is 258 g/mol. The number of esters is 1. The quantitative estimate of drug-likeness (QED) is 0.727. The van der Waals surface area contributed by atoms with Gasteiger partial charge in [0.05, 0.1) is 6.54 Å². The third kappa shape index (κ3) is 6.59. The Bertz CT molecular complexity index is 284. The van der Waals surface area contributed by atoms with Crippen LogP contribution in [-0.4, -0.2) is 48.1 Å². The third-order valence-corrected chi connectivity index (χ3v) is 2.42. The standard InChI is InChI=1S/C13H26N2O3/c1-7-14-11(16)9-15(8-2)10(3)12(17)18-13(4,5)6/h10H,7-9H2,1-6H3,(H,14,16). The van der Waals surface area contributed by atoms with Gasteiger partial charge in [-0.15, -0.1) is 0 Å². The van der Waals surface area contributed by atoms with Crippen molar-refractivity contribution in [2.45, 2.75) is 53.2 Å². The first-order chi connectivity index (χ1) is 8.21. The van der Waals surface area contributed by atoms with E-state index in [0.717, 1.165) is 0 Å². The number of carbonyl (C=O) groups is 2. The molecule has 0 aromatic rings. The first-order valence-corrected chi connectivity index (χ1v) is 6.44. The van der Waals surface area contributed by atoms with Crippen molar-refractivity contribution < 1.29 is 14.3 Å². The highest BCUT2D eigenvalue weighted by Gasteiger charge is 2.26. The van der Waals surface area contributed by atoms with Crippen LogP contribution in [-0.2, 0) is 14.3 Å². The fraction of sp³-hybridized carbons (Fsp3) is 0.846. The van der Waals surface area contributed by atoms with Crippen molar-refractivity contribution in [3.63, 3.8) is 0 Å². The van der Waals surface area contributed by atoms with Crippen LogP contribution in [0.5, 0.6) is 0 Å². The lowest BCUT2D eigenvalue weighted by Gasteiger charge is -2.28. The van der Waals surface area contributed by atoms with Gasteiger partial charge in [-0.05, 0) is 41.2 Å². The van der Waals surface area contributed by atoms with Crippen LogP contribution in [0.4, 0.5) is 0 Å². The van der Waals surface area contributed by atoms with Gasteiger partial charge < -0.3 is 10.1 Å². The van der Waals surface area contributed by atoms with E-state index in [2.05, 4.69) is 5.32 Å². The van der Waals surface area contributed by atoms with Crippen LogP contribution in [0.1, 0.15) is 41.5 Å². The number of rotatable bonds is 6. The molecule has 0 aliphatic rings. The molecule has 0 aromatic carbocycles. The van der Waals surface area contributed by atoms with Gasteiger partial charge in [0, 0.05) is 6.54 Å². The molecular formula is C13H26N2O3. The summed E-state index contributed by atoms with van der Waals surface area (Å²) in [5, 5.41) is 2.72. The van der Waals surface area contributed by atoms with E-state index in [4.69, 9.17) is 4.74 Å². The molecular weight excluding hydrogens is 232 g/mol. The second-order valence-electron chi connectivity index (χ2n) is 5.23. The second-order valence-corrected chi connectivity index (χ2v) is 5.23. The smallest absolute Gasteiger partial charge is 0.323 e. The lowest BCUT2D eigenvalue weighted by Crippen LogP contribution is -2.46. The van der Waals surface area contributed by atoms with E-state index in [1.165, 1.54) is 0 Å². The Kier molecular flexibility index (Phi) is 6.91. The Hall–Kier alpha value is -1.10. The summed E-state index contributed by atoms with van der Waals surface area (Å²) >= 11 is 0. The summed E-state index contributed by atoms with van der Waals surface area (Å²) in [6, 6.07) is -0.420. The van der Waals surface area contributed by atoms with Crippen LogP contribution < -0.4 is 5.32 Å². The van der Waals surface area contributed by atoms with Crippen LogP contribution in [0.3, 0.4) is 0 Å². The molecule has 0 aliphatic heterocycles. The highest BCUT2D eigenvalue weighted by atomic mass is 16.6. The van der Waals surface area contributed by atoms with Gasteiger partial charge in [-0.2, -0.15) is 0 Å². The lowest BCUT2D eigenvalue weighted by atomic mass is 10.2. The molecule has 1 unspecified atom stereocenters. The Balaban J connectivity index is 4.46. The molecule has 0 radical (unpaired) electrons. The molecule has 106 valence electrons. The van der Waals surface area contributed by atoms with Gasteiger partial charge in [-0.1, -0.05) is 6.92 Å². The summed E-state index contributed by atoms with van der Waals surface area (Å²) in [4.78, 5) is 25.2. The Morgan fingerprint density at radius 3 is 2.22 bits per heavy atom. The molecule has 0 aliphatic carbocycles. The van der Waals surface area contributed by atoms with Crippen LogP contribution >= 0.6 is 0 Å². The minimum absolute atomic E-state index is 0.0743. The molecule has 0 spiro atoms. The Morgan fingerprint density at radius 1 is 1.28 bits per heavy atom. The number of ether oxygens (including phenoxy) is 1. The van der Waals surface area contributed by atoms with Gasteiger partial charge >= 0.3 is 5.97 Å². The zero-order valence-corrected chi connectivity index (χ0v) is 12.4. The van der Waals surface area contributed by atoms with Crippen molar-refractivity contribution in [3.8, 4) is 0 Å². The lowest BCUT2D eigenvalue weighted by molar-refractivity contribution is -0.160. The van der Waals surface area contributed by atoms with Crippen LogP contribution in [0, 0.1) is 0 Å². The number of carbonyl (C=O) groups excluding carboxylic acids is 2. The van der Waals surface area contributed by atoms with Crippen molar-refractivity contribution in [3.05, 3.63) is 0 Å². The first kappa shape index (κ1) is 16.9. The van der Waals surface area contributed by atoms with Gasteiger partial charge in [-0.25, -0.2) is 0 Å². The highest BCUT2D eigenvalue weighted by molar-refractivity contribution is 5.80. The summed E-state index contributed by atoms with van der Waals surface area (Å²) in [5.41, 5.74) is -0.504. The fourth-order valence-electron chi connectivity index (χ4n) is 1.50. The predicted octanol–water partition coefficient (Wildman–Crippen LogP) is 1.17. The molecule has 5 heteroatoms. The maximum absolute atomic E-state index is 11.9. The van der Waals surface area contributed by atoms with E-state index in [9.17, 15) is 9.59 Å². The molecule has 0 fully saturated rings. The molecule has 5 nitrogen and oxygen atoms in total. The van der Waals surface area contributed by atoms with Crippen molar-refractivity contribution in [2.24, 2.45) is 0 Å². The number of amides is 1. The molecule has 0 bridgehead atoms. The minimum atomic E-state index is -0.504. The zero-order valence-electron chi connectivity index (χ0n) is 12.4. The highest BCUT2D eigenvalue weighted by Crippen LogP contribution is 2.11. The number of hydrogen-bond acceptors (Lipinski definition) is 4. The largest absolute Gasteiger partial charge is 0.459 e. The van der Waals surface area contributed by atoms with E-state index in [0.29, 0.717) is 13.1 Å². The number of likely N-dealkylation sites (N-methyl/N-ethyl adjacent to an activating group) is 2. The molecule has 0 saturated carbocycles. The van der Waals surface area contributed by atoms with Gasteiger partial charge in [0.25, 0.3) is 0 Å². The molecule has 0 heterocycles. The zero-order chi connectivity index (χ0) is 14.3. The molecule has 1 atom stereocenters. The predicted molar refractivity (Wildman–Crippen MR) is 71.2 cm³/mol. The van der Waals surface area contributed by atoms with Gasteiger partial charge in [0.15, 0.2) is 0 Å². The average Bonchev–Trinajstić information content (AvgIpc) is 2.23. The fourth-order valence-corrected chi connectivity index (χ4v) is 1.50. The summed E-state index contributed by atoms with van der Waals surface area (Å²) in [5.74, 6) is -0.372. The molecule has 1 N–H and O–H groups in total. The normalized spacial score (nSPS) is 13.3. The van der Waals surface area contributed by atoms with Gasteiger partial charge in [0.2, 0.25) is 5.91 Å². The maximum Gasteiger partial charge on any atom is 0.323 e. The topological polar surface area (TPSA) is 58.6 Å². The minimum Gasteiger partial charge on any atom is -0.459 e. The first-order valence-electron chi connectivity index (χ1n) is 6.44. The van der Waals surface area contributed by atoms with Crippen LogP contribution in [0.15, 0.2) is 0 Å². The summed E-state index contributed by atoms with van der Waals surface area (Å²) in [6.45, 7) is 12.5. The maximum atomic E-state index is 11.9. The SMILES string of the molecule is CCNC(=O)CN(CC)C(C)C(=O)OC(C)(C)C. The number of nitrogens with zero attached hydrogens (tertiary/aromatic N) is 1. The Labute approximate surface area is 110 Å². The van der Waals surface area contributed by atoms with E-state index >= 15 is 0 Å². The molecule has 0 aromatic heterocycles. The van der Waals surface area contributed by atoms with Crippen LogP contribution in [0.2, 0.25) is 0 Å². The number of nitrogens with one attached hydrogen (secondary N) is 1. The summed E-state index contributed by atoms with van der Waals surface area (Å²) in [7, 11) is 0. The van der Waals surface area contributed by atoms with Gasteiger partial charge in [0.1, 0.15) is 11.6 Å². The van der Waals surface area contributed by atoms with E-state index in [1.54, 1.807) is 11.8 Å². The second kappa shape index (κ2) is 7.36. The molecule has 0 saturated heterocycles. The van der Waals surface area contributed by atoms with E-state index in [1.807, 2.05) is 34.6 Å². The molecule has 18 heavy (non-hydrogen) atoms. The Morgan fingerprint density at radius 2 is 1.83 bits per heavy atom. The molecule has 1 amide bonds. The molecule has 0 rings (SSSR count). The van der Waals surface area contributed by atoms with Gasteiger partial charge in [-0.3, -0.25) is 14.5 Å². The monoisotopic (exact) mass is 258 g/mol. The van der Waals surface area contributed by atoms with Crippen molar-refractivity contribution in [1.82, 2.24) is 10.2 Å². The third-order valence-electron chi connectivity index (χ3n) is 2.42. The van der Waals surface area contributed by atoms with E-state index in [-0.39, 0.29) is 18.4 Å². The van der Waals surface area contributed by atoms with E-state index < -0.39 is 11.6 Å². The van der Waals surface area contributed by atoms with Crippen LogP contribution in [0.25, 0.3) is 0 Å². The van der Waals surface area contributed by atoms with Crippen molar-refractivity contribution >= 4 is 11.9 Å². The number of hydrogen-bond donors (Lipinski definition) is 1.